The molecule has 11 aromatic carbocycles. The topological polar surface area (TPSA) is 32.3 Å². The zero-order valence-electron chi connectivity index (χ0n) is 39.3. The molecule has 72 heavy (non-hydrogen) atoms. The number of aromatic nitrogens is 2. The Kier molecular flexibility index (Phi) is 10.8. The summed E-state index contributed by atoms with van der Waals surface area (Å²) in [7, 11) is 0. The fourth-order valence-corrected chi connectivity index (χ4v) is 10.5. The number of hydrogen-bond donors (Lipinski definition) is 0. The second kappa shape index (κ2) is 18.4. The van der Waals surface area contributed by atoms with Crippen LogP contribution in [-0.4, -0.2) is 9.97 Å². The molecule has 0 amide bonds. The van der Waals surface area contributed by atoms with E-state index in [4.69, 9.17) is 9.97 Å². The van der Waals surface area contributed by atoms with E-state index in [1.807, 2.05) is 48.8 Å². The van der Waals surface area contributed by atoms with Crippen LogP contribution >= 0.6 is 0 Å². The van der Waals surface area contributed by atoms with E-state index in [0.29, 0.717) is 0 Å². The van der Waals surface area contributed by atoms with Crippen molar-refractivity contribution < 1.29 is 0 Å². The van der Waals surface area contributed by atoms with E-state index < -0.39 is 0 Å². The SMILES string of the molecule is c1ccc(N(c2ccc(-c3ccc4c(-c5ccc6ccccc6c5)c5cc(-c6ccc(N(c7ccccc7)c7ccccn7)cc6)ccc5c(-c5ccc6ccccc6c5)c4c3)cc2)c2ccccn2)cc1. The Morgan fingerprint density at radius 1 is 0.222 bits per heavy atom. The zero-order chi connectivity index (χ0) is 47.8. The van der Waals surface area contributed by atoms with Crippen molar-refractivity contribution in [2.75, 3.05) is 9.80 Å². The molecule has 0 saturated heterocycles. The Hall–Kier alpha value is -9.64. The van der Waals surface area contributed by atoms with E-state index in [1.54, 1.807) is 0 Å². The van der Waals surface area contributed by atoms with Gasteiger partial charge in [0.25, 0.3) is 0 Å². The zero-order valence-corrected chi connectivity index (χ0v) is 39.3. The van der Waals surface area contributed by atoms with Crippen LogP contribution in [0, 0.1) is 0 Å². The molecular formula is C68H46N4. The van der Waals surface area contributed by atoms with Gasteiger partial charge in [0.05, 0.1) is 0 Å². The number of rotatable bonds is 10. The Morgan fingerprint density at radius 3 is 0.972 bits per heavy atom. The molecule has 0 fully saturated rings. The number of fused-ring (bicyclic) bond motifs is 4. The quantitative estimate of drug-likeness (QED) is 0.128. The Bertz CT molecular complexity index is 3720. The lowest BCUT2D eigenvalue weighted by Gasteiger charge is -2.24. The van der Waals surface area contributed by atoms with Crippen LogP contribution in [0.3, 0.4) is 0 Å². The second-order valence-corrected chi connectivity index (χ2v) is 18.2. The van der Waals surface area contributed by atoms with Crippen molar-refractivity contribution in [3.63, 3.8) is 0 Å². The van der Waals surface area contributed by atoms with Gasteiger partial charge >= 0.3 is 0 Å². The molecule has 0 aliphatic carbocycles. The first-order valence-corrected chi connectivity index (χ1v) is 24.5. The molecule has 0 N–H and O–H groups in total. The van der Waals surface area contributed by atoms with Crippen LogP contribution in [0.2, 0.25) is 0 Å². The summed E-state index contributed by atoms with van der Waals surface area (Å²) in [5.41, 5.74) is 13.6. The maximum atomic E-state index is 4.75. The third-order valence-corrected chi connectivity index (χ3v) is 13.9. The Morgan fingerprint density at radius 2 is 0.569 bits per heavy atom. The van der Waals surface area contributed by atoms with Crippen molar-refractivity contribution in [3.05, 3.63) is 279 Å². The van der Waals surface area contributed by atoms with Gasteiger partial charge in [-0.3, -0.25) is 9.80 Å². The summed E-state index contributed by atoms with van der Waals surface area (Å²) in [6.45, 7) is 0. The molecule has 338 valence electrons. The summed E-state index contributed by atoms with van der Waals surface area (Å²) in [6, 6.07) is 96.1. The van der Waals surface area contributed by atoms with Crippen LogP contribution in [0.25, 0.3) is 87.6 Å². The van der Waals surface area contributed by atoms with Gasteiger partial charge in [-0.15, -0.1) is 0 Å². The Balaban J connectivity index is 1.01. The summed E-state index contributed by atoms with van der Waals surface area (Å²) in [5, 5.41) is 9.68. The number of hydrogen-bond acceptors (Lipinski definition) is 4. The van der Waals surface area contributed by atoms with Gasteiger partial charge in [0.15, 0.2) is 0 Å². The van der Waals surface area contributed by atoms with Gasteiger partial charge in [-0.2, -0.15) is 0 Å². The van der Waals surface area contributed by atoms with E-state index in [-0.39, 0.29) is 0 Å². The molecule has 0 bridgehead atoms. The molecule has 0 saturated carbocycles. The van der Waals surface area contributed by atoms with Gasteiger partial charge < -0.3 is 0 Å². The van der Waals surface area contributed by atoms with Crippen molar-refractivity contribution in [1.82, 2.24) is 9.97 Å². The number of pyridine rings is 2. The molecule has 0 unspecified atom stereocenters. The first kappa shape index (κ1) is 42.5. The summed E-state index contributed by atoms with van der Waals surface area (Å²) in [6.07, 6.45) is 3.70. The second-order valence-electron chi connectivity index (χ2n) is 18.2. The van der Waals surface area contributed by atoms with Crippen LogP contribution < -0.4 is 9.80 Å². The third kappa shape index (κ3) is 7.87. The van der Waals surface area contributed by atoms with E-state index >= 15 is 0 Å². The molecule has 0 radical (unpaired) electrons. The summed E-state index contributed by atoms with van der Waals surface area (Å²) in [5.74, 6) is 1.73. The lowest BCUT2D eigenvalue weighted by atomic mass is 9.83. The molecule has 0 aliphatic rings. The van der Waals surface area contributed by atoms with Gasteiger partial charge in [-0.1, -0.05) is 170 Å². The first-order chi connectivity index (χ1) is 35.7. The van der Waals surface area contributed by atoms with Gasteiger partial charge in [-0.05, 0) is 185 Å². The fraction of sp³-hybridized carbons (Fsp3) is 0. The number of nitrogens with zero attached hydrogens (tertiary/aromatic N) is 4. The van der Waals surface area contributed by atoms with Crippen LogP contribution in [-0.2, 0) is 0 Å². The minimum absolute atomic E-state index is 0.866. The average molecular weight is 919 g/mol. The highest BCUT2D eigenvalue weighted by Gasteiger charge is 2.21. The van der Waals surface area contributed by atoms with Crippen molar-refractivity contribution >= 4 is 77.5 Å². The summed E-state index contributed by atoms with van der Waals surface area (Å²) >= 11 is 0. The molecule has 13 rings (SSSR count). The van der Waals surface area contributed by atoms with Crippen molar-refractivity contribution in [2.45, 2.75) is 0 Å². The van der Waals surface area contributed by atoms with Crippen molar-refractivity contribution in [1.29, 1.82) is 0 Å². The molecule has 2 aromatic heterocycles. The van der Waals surface area contributed by atoms with Crippen LogP contribution in [0.4, 0.5) is 34.4 Å². The van der Waals surface area contributed by atoms with E-state index in [1.165, 1.54) is 65.3 Å². The monoisotopic (exact) mass is 918 g/mol. The minimum Gasteiger partial charge on any atom is -0.295 e. The maximum absolute atomic E-state index is 4.75. The number of para-hydroxylation sites is 2. The Labute approximate surface area is 419 Å². The van der Waals surface area contributed by atoms with Gasteiger partial charge in [0.1, 0.15) is 11.6 Å². The van der Waals surface area contributed by atoms with Gasteiger partial charge in [-0.25, -0.2) is 9.97 Å². The molecule has 4 nitrogen and oxygen atoms in total. The number of benzene rings is 11. The lowest BCUT2D eigenvalue weighted by molar-refractivity contribution is 1.18. The normalized spacial score (nSPS) is 11.3. The molecule has 4 heteroatoms. The van der Waals surface area contributed by atoms with Crippen LogP contribution in [0.1, 0.15) is 0 Å². The smallest absolute Gasteiger partial charge is 0.137 e. The lowest BCUT2D eigenvalue weighted by Crippen LogP contribution is -2.11. The van der Waals surface area contributed by atoms with E-state index in [9.17, 15) is 0 Å². The molecule has 0 aliphatic heterocycles. The van der Waals surface area contributed by atoms with Crippen LogP contribution in [0.15, 0.2) is 279 Å². The highest BCUT2D eigenvalue weighted by Crippen LogP contribution is 2.47. The average Bonchev–Trinajstić information content (AvgIpc) is 3.45. The first-order valence-electron chi connectivity index (χ1n) is 24.5. The van der Waals surface area contributed by atoms with Gasteiger partial charge in [0, 0.05) is 35.1 Å². The van der Waals surface area contributed by atoms with Gasteiger partial charge in [0.2, 0.25) is 0 Å². The highest BCUT2D eigenvalue weighted by molar-refractivity contribution is 6.23. The van der Waals surface area contributed by atoms with E-state index in [2.05, 4.69) is 240 Å². The third-order valence-electron chi connectivity index (χ3n) is 13.9. The van der Waals surface area contributed by atoms with Crippen LogP contribution in [0.5, 0.6) is 0 Å². The summed E-state index contributed by atoms with van der Waals surface area (Å²) < 4.78 is 0. The predicted octanol–water partition coefficient (Wildman–Crippen LogP) is 18.7. The number of anilines is 6. The van der Waals surface area contributed by atoms with Crippen molar-refractivity contribution in [2.24, 2.45) is 0 Å². The van der Waals surface area contributed by atoms with Crippen molar-refractivity contribution in [3.8, 4) is 44.5 Å². The molecule has 2 heterocycles. The van der Waals surface area contributed by atoms with E-state index in [0.717, 1.165) is 56.6 Å². The molecule has 13 aromatic rings. The highest BCUT2D eigenvalue weighted by atomic mass is 15.2. The standard InChI is InChI=1S/C68H46N4/c1-3-19-57(20-4-1)71(65-23-11-13-41-69-65)59-35-29-49(30-36-59)53-33-39-61-63(45-53)67(55-27-25-47-15-7-9-17-51(47)43-55)62-40-34-54(46-64(62)68(61)56-28-26-48-16-8-10-18-52(48)44-56)50-31-37-60(38-32-50)72(58-21-5-2-6-22-58)66-24-12-14-42-70-66/h1-46H. The molecule has 0 spiro atoms. The molecular weight excluding hydrogens is 873 g/mol. The molecule has 0 atom stereocenters. The maximum Gasteiger partial charge on any atom is 0.137 e. The summed E-state index contributed by atoms with van der Waals surface area (Å²) in [4.78, 5) is 13.9. The minimum atomic E-state index is 0.866. The fourth-order valence-electron chi connectivity index (χ4n) is 10.5. The largest absolute Gasteiger partial charge is 0.295 e. The predicted molar refractivity (Wildman–Crippen MR) is 303 cm³/mol.